The normalized spacial score (nSPS) is 13.7. The maximum absolute atomic E-state index is 13.2. The lowest BCUT2D eigenvalue weighted by Gasteiger charge is -2.16. The van der Waals surface area contributed by atoms with Crippen molar-refractivity contribution in [2.24, 2.45) is 0 Å². The summed E-state index contributed by atoms with van der Waals surface area (Å²) in [6.45, 7) is 4.19. The number of phenols is 1. The van der Waals surface area contributed by atoms with Crippen LogP contribution in [-0.4, -0.2) is 42.5 Å². The van der Waals surface area contributed by atoms with Crippen molar-refractivity contribution in [2.75, 3.05) is 17.2 Å². The minimum Gasteiger partial charge on any atom is -0.508 e. The van der Waals surface area contributed by atoms with E-state index in [9.17, 15) is 9.90 Å². The molecule has 0 saturated heterocycles. The molecule has 0 spiro atoms. The lowest BCUT2D eigenvalue weighted by atomic mass is 9.94. The van der Waals surface area contributed by atoms with Gasteiger partial charge in [0.1, 0.15) is 5.75 Å². The maximum atomic E-state index is 13.2. The number of carbonyl (C=O) groups excluding carboxylic acids is 1. The summed E-state index contributed by atoms with van der Waals surface area (Å²) < 4.78 is 1.65. The van der Waals surface area contributed by atoms with Gasteiger partial charge in [0.2, 0.25) is 11.9 Å². The number of anilines is 3. The summed E-state index contributed by atoms with van der Waals surface area (Å²) in [5.41, 5.74) is 7.38. The number of benzene rings is 3. The van der Waals surface area contributed by atoms with Crippen LogP contribution in [-0.2, 0) is 11.3 Å². The molecule has 1 unspecified atom stereocenters. The zero-order valence-corrected chi connectivity index (χ0v) is 23.0. The van der Waals surface area contributed by atoms with Gasteiger partial charge < -0.3 is 20.8 Å². The van der Waals surface area contributed by atoms with Crippen LogP contribution in [0.3, 0.4) is 0 Å². The van der Waals surface area contributed by atoms with Crippen LogP contribution in [0.25, 0.3) is 22.0 Å². The molecule has 6 rings (SSSR count). The smallest absolute Gasteiger partial charge is 0.231 e. The fraction of sp³-hybridized carbons (Fsp3) is 0.250. The highest BCUT2D eigenvalue weighted by Crippen LogP contribution is 2.45. The predicted octanol–water partition coefficient (Wildman–Crippen LogP) is 5.86. The van der Waals surface area contributed by atoms with Gasteiger partial charge in [0.15, 0.2) is 0 Å². The largest absolute Gasteiger partial charge is 0.508 e. The summed E-state index contributed by atoms with van der Waals surface area (Å²) in [7, 11) is 0. The third-order valence-corrected chi connectivity index (χ3v) is 7.43. The summed E-state index contributed by atoms with van der Waals surface area (Å²) in [6.07, 6.45) is 7.58. The molecule has 1 saturated carbocycles. The Balaban J connectivity index is 1.25. The first kappa shape index (κ1) is 26.5. The third kappa shape index (κ3) is 5.90. The number of fused-ring (bicyclic) bond motifs is 1. The molecule has 41 heavy (non-hydrogen) atoms. The number of aryl methyl sites for hydroxylation is 1. The number of aromatic nitrogens is 4. The Morgan fingerprint density at radius 2 is 1.93 bits per heavy atom. The Labute approximate surface area is 237 Å². The van der Waals surface area contributed by atoms with E-state index in [0.29, 0.717) is 18.4 Å². The first-order valence-corrected chi connectivity index (χ1v) is 13.8. The number of rotatable bonds is 9. The van der Waals surface area contributed by atoms with Gasteiger partial charge in [-0.15, -0.1) is 0 Å². The van der Waals surface area contributed by atoms with Gasteiger partial charge in [0.05, 0.1) is 36.5 Å². The van der Waals surface area contributed by atoms with Gasteiger partial charge in [-0.3, -0.25) is 9.48 Å². The molecule has 2 heterocycles. The lowest BCUT2D eigenvalue weighted by Crippen LogP contribution is -2.19. The number of hydrogen-bond donors (Lipinski definition) is 4. The van der Waals surface area contributed by atoms with Gasteiger partial charge in [-0.2, -0.15) is 5.10 Å². The van der Waals surface area contributed by atoms with Crippen molar-refractivity contribution in [1.29, 1.82) is 0 Å². The molecule has 4 N–H and O–H groups in total. The third-order valence-electron chi connectivity index (χ3n) is 7.43. The summed E-state index contributed by atoms with van der Waals surface area (Å²) in [4.78, 5) is 22.3. The minimum absolute atomic E-state index is 0.0194. The number of aliphatic hydroxyl groups excluding tert-OH is 1. The van der Waals surface area contributed by atoms with Gasteiger partial charge in [-0.1, -0.05) is 18.2 Å². The average Bonchev–Trinajstić information content (AvgIpc) is 3.71. The van der Waals surface area contributed by atoms with Crippen LogP contribution in [0.1, 0.15) is 48.3 Å². The van der Waals surface area contributed by atoms with E-state index in [1.165, 1.54) is 5.56 Å². The number of hydrogen-bond acceptors (Lipinski definition) is 7. The van der Waals surface area contributed by atoms with Gasteiger partial charge >= 0.3 is 0 Å². The second-order valence-corrected chi connectivity index (χ2v) is 10.7. The Hall–Kier alpha value is -4.76. The molecule has 1 atom stereocenters. The van der Waals surface area contributed by atoms with Crippen molar-refractivity contribution in [3.05, 3.63) is 89.9 Å². The predicted molar refractivity (Wildman–Crippen MR) is 159 cm³/mol. The molecule has 0 radical (unpaired) electrons. The first-order chi connectivity index (χ1) is 19.9. The molecule has 0 bridgehead atoms. The van der Waals surface area contributed by atoms with E-state index in [4.69, 9.17) is 5.11 Å². The molecule has 3 aromatic carbocycles. The van der Waals surface area contributed by atoms with Gasteiger partial charge in [-0.05, 0) is 96.8 Å². The molecule has 2 aromatic heterocycles. The van der Waals surface area contributed by atoms with E-state index >= 15 is 0 Å². The van der Waals surface area contributed by atoms with Crippen molar-refractivity contribution in [3.8, 4) is 16.9 Å². The van der Waals surface area contributed by atoms with E-state index < -0.39 is 5.92 Å². The number of nitrogens with one attached hydrogen (secondary N) is 2. The van der Waals surface area contributed by atoms with Crippen molar-refractivity contribution in [3.63, 3.8) is 0 Å². The van der Waals surface area contributed by atoms with Crippen molar-refractivity contribution in [1.82, 2.24) is 19.7 Å². The van der Waals surface area contributed by atoms with Crippen LogP contribution < -0.4 is 10.6 Å². The highest BCUT2D eigenvalue weighted by Gasteiger charge is 2.27. The van der Waals surface area contributed by atoms with Crippen LogP contribution in [0.15, 0.2) is 73.2 Å². The standard InChI is InChI=1S/C32H32N6O3/c1-19-11-23(14-27(40)12-19)20(2)31(41)35-25-6-7-28(21-3-4-21)29(15-25)22-5-8-30-24(13-22)16-33-32(37-30)36-26-17-34-38(18-26)9-10-39/h5-8,11-18,20-21,39-40H,3-4,9-10H2,1-2H3,(H,35,41)(H,33,36,37). The Morgan fingerprint density at radius 3 is 2.71 bits per heavy atom. The summed E-state index contributed by atoms with van der Waals surface area (Å²) in [5.74, 6) is 0.599. The number of aliphatic hydroxyl groups is 1. The monoisotopic (exact) mass is 548 g/mol. The SMILES string of the molecule is Cc1cc(O)cc(C(C)C(=O)Nc2ccc(C3CC3)c(-c3ccc4nc(Nc5cnn(CCO)c5)ncc4c3)c2)c1. The Bertz CT molecular complexity index is 1720. The molecule has 0 aliphatic heterocycles. The Morgan fingerprint density at radius 1 is 1.07 bits per heavy atom. The highest BCUT2D eigenvalue weighted by molar-refractivity contribution is 5.96. The summed E-state index contributed by atoms with van der Waals surface area (Å²) in [5, 5.41) is 30.4. The average molecular weight is 549 g/mol. The first-order valence-electron chi connectivity index (χ1n) is 13.8. The quantitative estimate of drug-likeness (QED) is 0.182. The van der Waals surface area contributed by atoms with Crippen molar-refractivity contribution in [2.45, 2.75) is 45.1 Å². The van der Waals surface area contributed by atoms with Crippen LogP contribution in [0.4, 0.5) is 17.3 Å². The molecule has 1 fully saturated rings. The fourth-order valence-electron chi connectivity index (χ4n) is 5.12. The van der Waals surface area contributed by atoms with Gasteiger partial charge in [0, 0.05) is 23.5 Å². The zero-order valence-electron chi connectivity index (χ0n) is 23.0. The number of carbonyl (C=O) groups is 1. The maximum Gasteiger partial charge on any atom is 0.231 e. The van der Waals surface area contributed by atoms with E-state index in [-0.39, 0.29) is 18.3 Å². The molecule has 208 valence electrons. The fourth-order valence-corrected chi connectivity index (χ4v) is 5.12. The topological polar surface area (TPSA) is 125 Å². The molecule has 9 nitrogen and oxygen atoms in total. The van der Waals surface area contributed by atoms with Crippen LogP contribution in [0.2, 0.25) is 0 Å². The van der Waals surface area contributed by atoms with Crippen LogP contribution >= 0.6 is 0 Å². The molecule has 5 aromatic rings. The van der Waals surface area contributed by atoms with E-state index in [0.717, 1.165) is 57.4 Å². The molecular weight excluding hydrogens is 516 g/mol. The second-order valence-electron chi connectivity index (χ2n) is 10.7. The Kier molecular flexibility index (Phi) is 7.11. The lowest BCUT2D eigenvalue weighted by molar-refractivity contribution is -0.117. The molecule has 1 aliphatic carbocycles. The van der Waals surface area contributed by atoms with Gasteiger partial charge in [0.25, 0.3) is 0 Å². The summed E-state index contributed by atoms with van der Waals surface area (Å²) in [6, 6.07) is 17.5. The van der Waals surface area contributed by atoms with Crippen LogP contribution in [0.5, 0.6) is 5.75 Å². The van der Waals surface area contributed by atoms with E-state index in [1.54, 1.807) is 35.4 Å². The number of nitrogens with zero attached hydrogens (tertiary/aromatic N) is 4. The van der Waals surface area contributed by atoms with Crippen LogP contribution in [0, 0.1) is 6.92 Å². The second kappa shape index (κ2) is 11.0. The molecule has 9 heteroatoms. The molecule has 1 aliphatic rings. The zero-order chi connectivity index (χ0) is 28.5. The minimum atomic E-state index is -0.419. The molecular formula is C32H32N6O3. The highest BCUT2D eigenvalue weighted by atomic mass is 16.3. The van der Waals surface area contributed by atoms with Crippen molar-refractivity contribution >= 4 is 34.1 Å². The van der Waals surface area contributed by atoms with Gasteiger partial charge in [-0.25, -0.2) is 9.97 Å². The van der Waals surface area contributed by atoms with E-state index in [2.05, 4.69) is 43.9 Å². The number of aromatic hydroxyl groups is 1. The molecule has 1 amide bonds. The summed E-state index contributed by atoms with van der Waals surface area (Å²) >= 11 is 0. The van der Waals surface area contributed by atoms with E-state index in [1.807, 2.05) is 38.1 Å². The number of phenolic OH excluding ortho intramolecular Hbond substituents is 1. The number of amides is 1. The van der Waals surface area contributed by atoms with Crippen molar-refractivity contribution < 1.29 is 15.0 Å².